The third kappa shape index (κ3) is 2.90. The van der Waals surface area contributed by atoms with E-state index in [9.17, 15) is 4.79 Å². The summed E-state index contributed by atoms with van der Waals surface area (Å²) in [7, 11) is 2.91. The minimum Gasteiger partial charge on any atom is -0.349 e. The fourth-order valence-corrected chi connectivity index (χ4v) is 1.64. The van der Waals surface area contributed by atoms with Gasteiger partial charge in [-0.05, 0) is 19.9 Å². The predicted octanol–water partition coefficient (Wildman–Crippen LogP) is 0.942. The van der Waals surface area contributed by atoms with Gasteiger partial charge < -0.3 is 9.47 Å². The van der Waals surface area contributed by atoms with Crippen LogP contribution in [-0.4, -0.2) is 36.1 Å². The molecule has 1 aromatic heterocycles. The molecule has 0 N–H and O–H groups in total. The van der Waals surface area contributed by atoms with Crippen molar-refractivity contribution < 1.29 is 14.3 Å². The molecule has 0 unspecified atom stereocenters. The second-order valence-corrected chi connectivity index (χ2v) is 3.54. The predicted molar refractivity (Wildman–Crippen MR) is 59.2 cm³/mol. The lowest BCUT2D eigenvalue weighted by atomic mass is 10.2. The molecule has 0 fully saturated rings. The number of hydrogen-bond donors (Lipinski definition) is 0. The number of ketones is 1. The number of carbonyl (C=O) groups is 1. The summed E-state index contributed by atoms with van der Waals surface area (Å²) in [6.07, 6.45) is -0.512. The van der Waals surface area contributed by atoms with Crippen LogP contribution in [0.3, 0.4) is 0 Å². The average Bonchev–Trinajstić information content (AvgIpc) is 2.60. The molecule has 0 bridgehead atoms. The second kappa shape index (κ2) is 5.77. The van der Waals surface area contributed by atoms with Crippen LogP contribution in [0.2, 0.25) is 0 Å². The molecule has 0 aliphatic carbocycles. The van der Waals surface area contributed by atoms with E-state index < -0.39 is 6.29 Å². The van der Waals surface area contributed by atoms with Crippen LogP contribution in [0.4, 0.5) is 0 Å². The van der Waals surface area contributed by atoms with Crippen LogP contribution in [0.1, 0.15) is 18.3 Å². The van der Waals surface area contributed by atoms with E-state index in [-0.39, 0.29) is 12.2 Å². The Morgan fingerprint density at radius 1 is 1.50 bits per heavy atom. The standard InChI is InChI=1S/C11H18N2O3/c1-5-13-9(6-8(2)12-13)7-10(14)11(15-3)16-4/h6,11H,5,7H2,1-4H3. The molecule has 0 saturated carbocycles. The molecule has 16 heavy (non-hydrogen) atoms. The maximum Gasteiger partial charge on any atom is 0.217 e. The first-order valence-corrected chi connectivity index (χ1v) is 5.24. The summed E-state index contributed by atoms with van der Waals surface area (Å²) in [5.41, 5.74) is 1.81. The summed E-state index contributed by atoms with van der Waals surface area (Å²) >= 11 is 0. The maximum atomic E-state index is 11.8. The lowest BCUT2D eigenvalue weighted by Crippen LogP contribution is -2.27. The first kappa shape index (κ1) is 12.9. The van der Waals surface area contributed by atoms with Gasteiger partial charge in [0.05, 0.1) is 12.1 Å². The highest BCUT2D eigenvalue weighted by molar-refractivity contribution is 5.83. The number of aromatic nitrogens is 2. The van der Waals surface area contributed by atoms with Crippen molar-refractivity contribution in [2.75, 3.05) is 14.2 Å². The van der Waals surface area contributed by atoms with Crippen LogP contribution < -0.4 is 0 Å². The number of methoxy groups -OCH3 is 2. The first-order valence-electron chi connectivity index (χ1n) is 5.24. The van der Waals surface area contributed by atoms with Gasteiger partial charge in [0, 0.05) is 26.5 Å². The molecular formula is C11H18N2O3. The van der Waals surface area contributed by atoms with Crippen LogP contribution in [0, 0.1) is 6.92 Å². The first-order chi connectivity index (χ1) is 7.62. The Bertz CT molecular complexity index is 356. The monoisotopic (exact) mass is 226 g/mol. The SMILES string of the molecule is CCn1nc(C)cc1CC(=O)C(OC)OC. The van der Waals surface area contributed by atoms with E-state index in [4.69, 9.17) is 9.47 Å². The highest BCUT2D eigenvalue weighted by Crippen LogP contribution is 2.07. The maximum absolute atomic E-state index is 11.8. The number of aryl methyl sites for hydroxylation is 2. The van der Waals surface area contributed by atoms with Crippen LogP contribution >= 0.6 is 0 Å². The van der Waals surface area contributed by atoms with Crippen LogP contribution in [-0.2, 0) is 27.2 Å². The summed E-state index contributed by atoms with van der Waals surface area (Å²) in [5.74, 6) is -0.0976. The molecule has 0 aliphatic heterocycles. The quantitative estimate of drug-likeness (QED) is 0.677. The zero-order chi connectivity index (χ0) is 12.1. The third-order valence-electron chi connectivity index (χ3n) is 2.33. The van der Waals surface area contributed by atoms with E-state index in [0.717, 1.165) is 17.9 Å². The van der Waals surface area contributed by atoms with Gasteiger partial charge in [0.25, 0.3) is 0 Å². The molecule has 0 aromatic carbocycles. The third-order valence-corrected chi connectivity index (χ3v) is 2.33. The van der Waals surface area contributed by atoms with Crippen molar-refractivity contribution in [3.05, 3.63) is 17.5 Å². The van der Waals surface area contributed by atoms with Crippen molar-refractivity contribution >= 4 is 5.78 Å². The molecule has 0 spiro atoms. The van der Waals surface area contributed by atoms with E-state index >= 15 is 0 Å². The van der Waals surface area contributed by atoms with Gasteiger partial charge in [-0.3, -0.25) is 9.48 Å². The van der Waals surface area contributed by atoms with Crippen LogP contribution in [0.5, 0.6) is 0 Å². The fraction of sp³-hybridized carbons (Fsp3) is 0.636. The van der Waals surface area contributed by atoms with Crippen molar-refractivity contribution in [2.45, 2.75) is 33.1 Å². The molecule has 1 aromatic rings. The van der Waals surface area contributed by atoms with Gasteiger partial charge in [-0.2, -0.15) is 5.10 Å². The van der Waals surface area contributed by atoms with Crippen molar-refractivity contribution in [2.24, 2.45) is 0 Å². The minimum atomic E-state index is -0.791. The van der Waals surface area contributed by atoms with E-state index in [1.165, 1.54) is 14.2 Å². The average molecular weight is 226 g/mol. The molecule has 1 rings (SSSR count). The topological polar surface area (TPSA) is 53.4 Å². The highest BCUT2D eigenvalue weighted by Gasteiger charge is 2.19. The summed E-state index contributed by atoms with van der Waals surface area (Å²) in [4.78, 5) is 11.8. The molecule has 0 radical (unpaired) electrons. The molecule has 5 nitrogen and oxygen atoms in total. The Morgan fingerprint density at radius 3 is 2.62 bits per heavy atom. The highest BCUT2D eigenvalue weighted by atomic mass is 16.7. The van der Waals surface area contributed by atoms with Crippen molar-refractivity contribution in [3.8, 4) is 0 Å². The van der Waals surface area contributed by atoms with Crippen molar-refractivity contribution in [1.82, 2.24) is 9.78 Å². The Kier molecular flexibility index (Phi) is 4.64. The van der Waals surface area contributed by atoms with Crippen molar-refractivity contribution in [3.63, 3.8) is 0 Å². The lowest BCUT2D eigenvalue weighted by Gasteiger charge is -2.12. The molecule has 0 amide bonds. The Labute approximate surface area is 95.3 Å². The zero-order valence-electron chi connectivity index (χ0n) is 10.2. The molecule has 0 saturated heterocycles. The number of Topliss-reactive ketones (excluding diaryl/α,β-unsaturated/α-hetero) is 1. The van der Waals surface area contributed by atoms with Gasteiger partial charge >= 0.3 is 0 Å². The van der Waals surface area contributed by atoms with Gasteiger partial charge in [0.1, 0.15) is 0 Å². The number of rotatable bonds is 6. The lowest BCUT2D eigenvalue weighted by molar-refractivity contribution is -0.156. The van der Waals surface area contributed by atoms with Gasteiger partial charge in [0.2, 0.25) is 6.29 Å². The number of hydrogen-bond acceptors (Lipinski definition) is 4. The van der Waals surface area contributed by atoms with Gasteiger partial charge in [0.15, 0.2) is 5.78 Å². The summed E-state index contributed by atoms with van der Waals surface area (Å²) in [5, 5.41) is 4.28. The Balaban J connectivity index is 2.75. The molecule has 90 valence electrons. The molecule has 0 atom stereocenters. The smallest absolute Gasteiger partial charge is 0.217 e. The number of ether oxygens (including phenoxy) is 2. The zero-order valence-corrected chi connectivity index (χ0v) is 10.2. The van der Waals surface area contributed by atoms with Crippen LogP contribution in [0.15, 0.2) is 6.07 Å². The van der Waals surface area contributed by atoms with Gasteiger partial charge in [-0.25, -0.2) is 0 Å². The Morgan fingerprint density at radius 2 is 2.12 bits per heavy atom. The van der Waals surface area contributed by atoms with E-state index in [1.807, 2.05) is 24.6 Å². The number of carbonyl (C=O) groups excluding carboxylic acids is 1. The molecule has 0 aliphatic rings. The fourth-order valence-electron chi connectivity index (χ4n) is 1.64. The second-order valence-electron chi connectivity index (χ2n) is 3.54. The van der Waals surface area contributed by atoms with Gasteiger partial charge in [-0.15, -0.1) is 0 Å². The summed E-state index contributed by atoms with van der Waals surface area (Å²) in [6, 6.07) is 1.91. The van der Waals surface area contributed by atoms with Crippen molar-refractivity contribution in [1.29, 1.82) is 0 Å². The Hall–Kier alpha value is -1.20. The van der Waals surface area contributed by atoms with Crippen LogP contribution in [0.25, 0.3) is 0 Å². The molecule has 1 heterocycles. The number of nitrogens with zero attached hydrogens (tertiary/aromatic N) is 2. The molecular weight excluding hydrogens is 208 g/mol. The normalized spacial score (nSPS) is 11.1. The van der Waals surface area contributed by atoms with E-state index in [2.05, 4.69) is 5.10 Å². The largest absolute Gasteiger partial charge is 0.349 e. The molecule has 5 heteroatoms. The summed E-state index contributed by atoms with van der Waals surface area (Å²) < 4.78 is 11.6. The van der Waals surface area contributed by atoms with Gasteiger partial charge in [-0.1, -0.05) is 0 Å². The van der Waals surface area contributed by atoms with E-state index in [0.29, 0.717) is 0 Å². The summed E-state index contributed by atoms with van der Waals surface area (Å²) in [6.45, 7) is 4.65. The minimum absolute atomic E-state index is 0.0976. The van der Waals surface area contributed by atoms with E-state index in [1.54, 1.807) is 0 Å².